The molecule has 0 bridgehead atoms. The zero-order chi connectivity index (χ0) is 50.4. The normalized spacial score (nSPS) is 20.6. The summed E-state index contributed by atoms with van der Waals surface area (Å²) in [5.41, 5.74) is 0. The number of aliphatic hydroxyl groups is 5. The zero-order valence-corrected chi connectivity index (χ0v) is 43.1. The van der Waals surface area contributed by atoms with Crippen LogP contribution in [0.4, 0.5) is 0 Å². The summed E-state index contributed by atoms with van der Waals surface area (Å²) in [6.45, 7) is 5.45. The lowest BCUT2D eigenvalue weighted by Crippen LogP contribution is -2.61. The molecule has 69 heavy (non-hydrogen) atoms. The van der Waals surface area contributed by atoms with Crippen LogP contribution in [-0.2, 0) is 23.8 Å². The summed E-state index contributed by atoms with van der Waals surface area (Å²) in [5.74, 6) is -1.25. The van der Waals surface area contributed by atoms with Crippen LogP contribution >= 0.6 is 0 Å². The molecule has 0 aromatic rings. The van der Waals surface area contributed by atoms with Crippen molar-refractivity contribution in [3.05, 3.63) is 97.2 Å². The maximum Gasteiger partial charge on any atom is 0.306 e. The van der Waals surface area contributed by atoms with E-state index in [-0.39, 0.29) is 19.4 Å². The van der Waals surface area contributed by atoms with E-state index in [0.29, 0.717) is 12.8 Å². The van der Waals surface area contributed by atoms with E-state index in [1.807, 2.05) is 60.8 Å². The van der Waals surface area contributed by atoms with E-state index in [2.05, 4.69) is 56.5 Å². The minimum atomic E-state index is -1.63. The monoisotopic (exact) mass is 968 g/mol. The SMILES string of the molecule is CC/C=C/C=C/C=C\CCCCCCCC(=O)OC1C(OCC(NC(=O)C(O)CCCCCC\C=C/C=C/C=C/C=C/CC)C(O)/C=C/CCCCCCCCCCCCC)OC(CO)C(O)C1O. The standard InChI is InChI=1S/C58H97NO10/c1-4-7-10-13-16-19-22-25-28-30-33-36-39-42-45-51(62)57(66)59-49(50(61)44-41-38-35-32-29-26-23-20-17-14-11-8-5-2)48-67-58-56(55(65)54(64)52(47-60)68-58)69-53(63)46-43-40-37-34-31-27-24-21-18-15-12-9-6-3/h7,9-10,12-13,15-16,18-19,21-22,24-25,28,41,44,49-52,54-56,58,60-62,64-65H,4-6,8,11,14,17,20,23,26-27,29-40,42-43,45-48H2,1-3H3,(H,59,66)/b10-7+,12-9+,16-13+,18-15+,22-19+,24-21-,28-25-,44-41+. The second kappa shape index (κ2) is 45.7. The fraction of sp³-hybridized carbons (Fsp3) is 0.690. The van der Waals surface area contributed by atoms with Gasteiger partial charge in [-0.3, -0.25) is 9.59 Å². The number of amides is 1. The van der Waals surface area contributed by atoms with Crippen LogP contribution in [0.15, 0.2) is 97.2 Å². The number of ether oxygens (including phenoxy) is 3. The van der Waals surface area contributed by atoms with Crippen molar-refractivity contribution in [2.45, 2.75) is 243 Å². The quantitative estimate of drug-likeness (QED) is 0.0149. The molecule has 1 heterocycles. The molecule has 6 N–H and O–H groups in total. The second-order valence-electron chi connectivity index (χ2n) is 18.4. The van der Waals surface area contributed by atoms with Crippen LogP contribution in [0.1, 0.15) is 194 Å². The van der Waals surface area contributed by atoms with Gasteiger partial charge in [0.15, 0.2) is 12.4 Å². The van der Waals surface area contributed by atoms with E-state index >= 15 is 0 Å². The summed E-state index contributed by atoms with van der Waals surface area (Å²) in [5, 5.41) is 56.7. The van der Waals surface area contributed by atoms with Gasteiger partial charge in [0.1, 0.15) is 24.4 Å². The number of aliphatic hydroxyl groups excluding tert-OH is 5. The summed E-state index contributed by atoms with van der Waals surface area (Å²) in [4.78, 5) is 26.4. The molecule has 1 fully saturated rings. The van der Waals surface area contributed by atoms with Gasteiger partial charge in [-0.1, -0.05) is 221 Å². The fourth-order valence-electron chi connectivity index (χ4n) is 7.84. The Balaban J connectivity index is 2.81. The number of esters is 1. The van der Waals surface area contributed by atoms with Crippen molar-refractivity contribution < 1.29 is 49.3 Å². The van der Waals surface area contributed by atoms with Crippen LogP contribution in [0, 0.1) is 0 Å². The van der Waals surface area contributed by atoms with Crippen molar-refractivity contribution in [1.29, 1.82) is 0 Å². The molecule has 8 unspecified atom stereocenters. The highest BCUT2D eigenvalue weighted by atomic mass is 16.7. The molecular formula is C58H97NO10. The third kappa shape index (κ3) is 34.5. The summed E-state index contributed by atoms with van der Waals surface area (Å²) >= 11 is 0. The molecule has 0 aliphatic carbocycles. The second-order valence-corrected chi connectivity index (χ2v) is 18.4. The van der Waals surface area contributed by atoms with Gasteiger partial charge in [0.05, 0.1) is 25.4 Å². The predicted octanol–water partition coefficient (Wildman–Crippen LogP) is 11.6. The molecule has 0 aromatic heterocycles. The van der Waals surface area contributed by atoms with Crippen molar-refractivity contribution in [2.75, 3.05) is 13.2 Å². The highest BCUT2D eigenvalue weighted by molar-refractivity contribution is 5.80. The van der Waals surface area contributed by atoms with Crippen molar-refractivity contribution in [3.63, 3.8) is 0 Å². The number of carbonyl (C=O) groups is 2. The minimum absolute atomic E-state index is 0.0922. The van der Waals surface area contributed by atoms with Crippen LogP contribution in [0.2, 0.25) is 0 Å². The van der Waals surface area contributed by atoms with Crippen LogP contribution in [0.3, 0.4) is 0 Å². The molecule has 1 aliphatic rings. The highest BCUT2D eigenvalue weighted by Gasteiger charge is 2.47. The van der Waals surface area contributed by atoms with Crippen molar-refractivity contribution in [1.82, 2.24) is 5.32 Å². The van der Waals surface area contributed by atoms with Crippen molar-refractivity contribution >= 4 is 11.9 Å². The Labute approximate surface area is 418 Å². The van der Waals surface area contributed by atoms with Gasteiger partial charge in [-0.15, -0.1) is 0 Å². The fourth-order valence-corrected chi connectivity index (χ4v) is 7.84. The highest BCUT2D eigenvalue weighted by Crippen LogP contribution is 2.26. The molecule has 1 rings (SSSR count). The molecule has 0 radical (unpaired) electrons. The number of hydrogen-bond donors (Lipinski definition) is 6. The number of unbranched alkanes of at least 4 members (excludes halogenated alkanes) is 20. The first-order valence-corrected chi connectivity index (χ1v) is 27.1. The number of allylic oxidation sites excluding steroid dienone is 15. The van der Waals surface area contributed by atoms with Gasteiger partial charge in [-0.2, -0.15) is 0 Å². The number of nitrogens with one attached hydrogen (secondary N) is 1. The third-order valence-corrected chi connectivity index (χ3v) is 12.1. The molecule has 0 spiro atoms. The number of rotatable bonds is 43. The minimum Gasteiger partial charge on any atom is -0.454 e. The lowest BCUT2D eigenvalue weighted by molar-refractivity contribution is -0.305. The van der Waals surface area contributed by atoms with Crippen LogP contribution < -0.4 is 5.32 Å². The van der Waals surface area contributed by atoms with Gasteiger partial charge < -0.3 is 45.1 Å². The van der Waals surface area contributed by atoms with Gasteiger partial charge in [0.2, 0.25) is 5.91 Å². The van der Waals surface area contributed by atoms with Gasteiger partial charge >= 0.3 is 5.97 Å². The molecule has 11 nitrogen and oxygen atoms in total. The van der Waals surface area contributed by atoms with Crippen LogP contribution in [0.5, 0.6) is 0 Å². The van der Waals surface area contributed by atoms with E-state index in [4.69, 9.17) is 14.2 Å². The predicted molar refractivity (Wildman–Crippen MR) is 282 cm³/mol. The Morgan fingerprint density at radius 2 is 1.04 bits per heavy atom. The first-order valence-electron chi connectivity index (χ1n) is 27.1. The lowest BCUT2D eigenvalue weighted by Gasteiger charge is -2.41. The van der Waals surface area contributed by atoms with E-state index in [1.165, 1.54) is 51.4 Å². The Morgan fingerprint density at radius 3 is 1.57 bits per heavy atom. The summed E-state index contributed by atoms with van der Waals surface area (Å²) in [6, 6.07) is -1.05. The topological polar surface area (TPSA) is 175 Å². The average molecular weight is 968 g/mol. The first kappa shape index (κ1) is 63.6. The van der Waals surface area contributed by atoms with Crippen molar-refractivity contribution in [3.8, 4) is 0 Å². The Morgan fingerprint density at radius 1 is 0.580 bits per heavy atom. The molecule has 0 aromatic carbocycles. The van der Waals surface area contributed by atoms with E-state index in [0.717, 1.165) is 96.3 Å². The summed E-state index contributed by atoms with van der Waals surface area (Å²) in [7, 11) is 0. The number of hydrogen-bond acceptors (Lipinski definition) is 10. The Kier molecular flexibility index (Phi) is 42.1. The molecule has 0 saturated carbocycles. The molecule has 1 amide bonds. The van der Waals surface area contributed by atoms with Crippen LogP contribution in [0.25, 0.3) is 0 Å². The van der Waals surface area contributed by atoms with Gasteiger partial charge in [-0.25, -0.2) is 0 Å². The maximum absolute atomic E-state index is 13.3. The zero-order valence-electron chi connectivity index (χ0n) is 43.1. The summed E-state index contributed by atoms with van der Waals surface area (Å²) < 4.78 is 17.5. The van der Waals surface area contributed by atoms with Crippen LogP contribution in [-0.4, -0.2) is 99.6 Å². The average Bonchev–Trinajstić information content (AvgIpc) is 3.34. The Hall–Kier alpha value is -3.42. The first-order chi connectivity index (χ1) is 33.7. The summed E-state index contributed by atoms with van der Waals surface area (Å²) in [6.07, 6.45) is 48.8. The maximum atomic E-state index is 13.3. The van der Waals surface area contributed by atoms with E-state index in [9.17, 15) is 35.1 Å². The van der Waals surface area contributed by atoms with Gasteiger partial charge in [0, 0.05) is 6.42 Å². The largest absolute Gasteiger partial charge is 0.454 e. The molecular weight excluding hydrogens is 871 g/mol. The lowest BCUT2D eigenvalue weighted by atomic mass is 9.99. The van der Waals surface area contributed by atoms with E-state index < -0.39 is 67.4 Å². The molecule has 1 aliphatic heterocycles. The van der Waals surface area contributed by atoms with Gasteiger partial charge in [-0.05, 0) is 64.2 Å². The third-order valence-electron chi connectivity index (χ3n) is 12.1. The number of carbonyl (C=O) groups excluding carboxylic acids is 2. The Bertz CT molecular complexity index is 1480. The molecule has 1 saturated heterocycles. The molecule has 394 valence electrons. The molecule has 11 heteroatoms. The van der Waals surface area contributed by atoms with Gasteiger partial charge in [0.25, 0.3) is 0 Å². The van der Waals surface area contributed by atoms with Crippen molar-refractivity contribution in [2.24, 2.45) is 0 Å². The smallest absolute Gasteiger partial charge is 0.306 e. The molecule has 8 atom stereocenters. The van der Waals surface area contributed by atoms with E-state index in [1.54, 1.807) is 6.08 Å².